The second-order valence-corrected chi connectivity index (χ2v) is 4.22. The summed E-state index contributed by atoms with van der Waals surface area (Å²) in [4.78, 5) is 4.22. The Kier molecular flexibility index (Phi) is 2.60. The number of hydrogen-bond acceptors (Lipinski definition) is 4. The van der Waals surface area contributed by atoms with E-state index in [1.165, 1.54) is 11.3 Å². The highest BCUT2D eigenvalue weighted by Crippen LogP contribution is 2.30. The van der Waals surface area contributed by atoms with Crippen LogP contribution in [0.3, 0.4) is 0 Å². The van der Waals surface area contributed by atoms with E-state index in [1.54, 1.807) is 0 Å². The first-order valence-corrected chi connectivity index (χ1v) is 5.49. The SMILES string of the molecule is Cc1ccc(N)c(Oc2nc(C)cs2)c1. The molecule has 0 unspecified atom stereocenters. The Labute approximate surface area is 92.5 Å². The molecule has 0 atom stereocenters. The number of aryl methyl sites for hydroxylation is 2. The van der Waals surface area contributed by atoms with Crippen LogP contribution in [0.4, 0.5) is 5.69 Å². The van der Waals surface area contributed by atoms with Crippen molar-refractivity contribution in [2.45, 2.75) is 13.8 Å². The quantitative estimate of drug-likeness (QED) is 0.791. The fraction of sp³-hybridized carbons (Fsp3) is 0.182. The van der Waals surface area contributed by atoms with E-state index in [4.69, 9.17) is 10.5 Å². The molecule has 0 fully saturated rings. The summed E-state index contributed by atoms with van der Waals surface area (Å²) in [5.41, 5.74) is 8.51. The standard InChI is InChI=1S/C11H12N2OS/c1-7-3-4-9(12)10(5-7)14-11-13-8(2)6-15-11/h3-6H,12H2,1-2H3. The minimum absolute atomic E-state index is 0.629. The molecule has 15 heavy (non-hydrogen) atoms. The number of nitrogen functional groups attached to an aromatic ring is 1. The van der Waals surface area contributed by atoms with Crippen molar-refractivity contribution in [3.63, 3.8) is 0 Å². The van der Waals surface area contributed by atoms with Crippen LogP contribution in [0.5, 0.6) is 10.9 Å². The van der Waals surface area contributed by atoms with Crippen LogP contribution < -0.4 is 10.5 Å². The Morgan fingerprint density at radius 1 is 1.33 bits per heavy atom. The molecule has 0 aliphatic carbocycles. The Bertz CT molecular complexity index is 479. The fourth-order valence-corrected chi connectivity index (χ4v) is 1.86. The zero-order valence-corrected chi connectivity index (χ0v) is 9.47. The van der Waals surface area contributed by atoms with Gasteiger partial charge in [-0.25, -0.2) is 4.98 Å². The molecule has 0 bridgehead atoms. The average molecular weight is 220 g/mol. The van der Waals surface area contributed by atoms with E-state index in [-0.39, 0.29) is 0 Å². The van der Waals surface area contributed by atoms with Gasteiger partial charge in [0.05, 0.1) is 11.4 Å². The van der Waals surface area contributed by atoms with Crippen LogP contribution in [-0.2, 0) is 0 Å². The molecular weight excluding hydrogens is 208 g/mol. The first-order valence-electron chi connectivity index (χ1n) is 4.61. The highest BCUT2D eigenvalue weighted by molar-refractivity contribution is 7.11. The molecule has 0 saturated carbocycles. The van der Waals surface area contributed by atoms with E-state index in [2.05, 4.69) is 4.98 Å². The van der Waals surface area contributed by atoms with Gasteiger partial charge in [0, 0.05) is 5.38 Å². The summed E-state index contributed by atoms with van der Waals surface area (Å²) in [6.45, 7) is 3.93. The molecule has 1 aromatic heterocycles. The van der Waals surface area contributed by atoms with E-state index in [0.717, 1.165) is 11.3 Å². The lowest BCUT2D eigenvalue weighted by atomic mass is 10.2. The molecule has 0 saturated heterocycles. The van der Waals surface area contributed by atoms with Gasteiger partial charge in [-0.1, -0.05) is 17.4 Å². The number of benzene rings is 1. The molecule has 2 N–H and O–H groups in total. The van der Waals surface area contributed by atoms with Crippen molar-refractivity contribution in [2.24, 2.45) is 0 Å². The van der Waals surface area contributed by atoms with Gasteiger partial charge < -0.3 is 10.5 Å². The molecule has 0 spiro atoms. The number of anilines is 1. The molecule has 2 rings (SSSR count). The molecule has 0 radical (unpaired) electrons. The van der Waals surface area contributed by atoms with Crippen LogP contribution in [-0.4, -0.2) is 4.98 Å². The van der Waals surface area contributed by atoms with Gasteiger partial charge in [0.15, 0.2) is 5.75 Å². The van der Waals surface area contributed by atoms with Crippen LogP contribution in [0.15, 0.2) is 23.6 Å². The van der Waals surface area contributed by atoms with E-state index in [1.807, 2.05) is 37.4 Å². The number of nitrogens with zero attached hydrogens (tertiary/aromatic N) is 1. The Morgan fingerprint density at radius 3 is 2.80 bits per heavy atom. The van der Waals surface area contributed by atoms with Gasteiger partial charge in [0.2, 0.25) is 0 Å². The molecular formula is C11H12N2OS. The number of thiazole rings is 1. The van der Waals surface area contributed by atoms with E-state index < -0.39 is 0 Å². The number of rotatable bonds is 2. The smallest absolute Gasteiger partial charge is 0.278 e. The summed E-state index contributed by atoms with van der Waals surface area (Å²) in [5.74, 6) is 0.671. The average Bonchev–Trinajstić information content (AvgIpc) is 2.58. The van der Waals surface area contributed by atoms with Gasteiger partial charge in [-0.2, -0.15) is 0 Å². The second kappa shape index (κ2) is 3.90. The zero-order chi connectivity index (χ0) is 10.8. The maximum atomic E-state index is 5.80. The van der Waals surface area contributed by atoms with E-state index >= 15 is 0 Å². The Balaban J connectivity index is 2.27. The number of ether oxygens (including phenoxy) is 1. The molecule has 3 nitrogen and oxygen atoms in total. The predicted molar refractivity (Wildman–Crippen MR) is 62.5 cm³/mol. The molecule has 0 amide bonds. The third-order valence-electron chi connectivity index (χ3n) is 1.96. The third kappa shape index (κ3) is 2.27. The van der Waals surface area contributed by atoms with Crippen LogP contribution in [0, 0.1) is 13.8 Å². The lowest BCUT2D eigenvalue weighted by Gasteiger charge is -2.05. The fourth-order valence-electron chi connectivity index (χ4n) is 1.20. The van der Waals surface area contributed by atoms with Gasteiger partial charge in [-0.15, -0.1) is 0 Å². The van der Waals surface area contributed by atoms with Crippen molar-refractivity contribution < 1.29 is 4.74 Å². The lowest BCUT2D eigenvalue weighted by molar-refractivity contribution is 0.480. The van der Waals surface area contributed by atoms with Gasteiger partial charge in [-0.3, -0.25) is 0 Å². The Hall–Kier alpha value is -1.55. The third-order valence-corrected chi connectivity index (χ3v) is 2.80. The predicted octanol–water partition coefficient (Wildman–Crippen LogP) is 3.13. The summed E-state index contributed by atoms with van der Waals surface area (Å²) in [5, 5.41) is 2.58. The van der Waals surface area contributed by atoms with Crippen LogP contribution in [0.2, 0.25) is 0 Å². The summed E-state index contributed by atoms with van der Waals surface area (Å²) in [6, 6.07) is 5.70. The van der Waals surface area contributed by atoms with Gasteiger partial charge in [0.1, 0.15) is 0 Å². The Morgan fingerprint density at radius 2 is 2.13 bits per heavy atom. The molecule has 1 aromatic carbocycles. The highest BCUT2D eigenvalue weighted by Gasteiger charge is 2.05. The minimum atomic E-state index is 0.629. The number of aromatic nitrogens is 1. The van der Waals surface area contributed by atoms with Gasteiger partial charge in [-0.05, 0) is 31.5 Å². The second-order valence-electron chi connectivity index (χ2n) is 3.40. The molecule has 78 valence electrons. The monoisotopic (exact) mass is 220 g/mol. The van der Waals surface area contributed by atoms with Crippen molar-refractivity contribution in [3.8, 4) is 10.9 Å². The summed E-state index contributed by atoms with van der Waals surface area (Å²) in [6.07, 6.45) is 0. The zero-order valence-electron chi connectivity index (χ0n) is 8.65. The largest absolute Gasteiger partial charge is 0.429 e. The molecule has 0 aliphatic rings. The minimum Gasteiger partial charge on any atom is -0.429 e. The normalized spacial score (nSPS) is 10.3. The molecule has 4 heteroatoms. The van der Waals surface area contributed by atoms with Crippen LogP contribution in [0.1, 0.15) is 11.3 Å². The highest BCUT2D eigenvalue weighted by atomic mass is 32.1. The van der Waals surface area contributed by atoms with Crippen LogP contribution >= 0.6 is 11.3 Å². The van der Waals surface area contributed by atoms with Crippen molar-refractivity contribution >= 4 is 17.0 Å². The van der Waals surface area contributed by atoms with Gasteiger partial charge >= 0.3 is 0 Å². The summed E-state index contributed by atoms with van der Waals surface area (Å²) >= 11 is 1.47. The van der Waals surface area contributed by atoms with Crippen molar-refractivity contribution in [1.29, 1.82) is 0 Å². The van der Waals surface area contributed by atoms with Gasteiger partial charge in [0.25, 0.3) is 5.19 Å². The van der Waals surface area contributed by atoms with Crippen LogP contribution in [0.25, 0.3) is 0 Å². The van der Waals surface area contributed by atoms with E-state index in [9.17, 15) is 0 Å². The van der Waals surface area contributed by atoms with Crippen molar-refractivity contribution in [2.75, 3.05) is 5.73 Å². The molecule has 2 aromatic rings. The maximum Gasteiger partial charge on any atom is 0.278 e. The molecule has 1 heterocycles. The van der Waals surface area contributed by atoms with E-state index in [0.29, 0.717) is 16.6 Å². The first-order chi connectivity index (χ1) is 7.15. The maximum absolute atomic E-state index is 5.80. The van der Waals surface area contributed by atoms with Crippen molar-refractivity contribution in [3.05, 3.63) is 34.8 Å². The topological polar surface area (TPSA) is 48.1 Å². The number of nitrogens with two attached hydrogens (primary N) is 1. The number of hydrogen-bond donors (Lipinski definition) is 1. The first kappa shape index (κ1) is 9.98. The van der Waals surface area contributed by atoms with Crippen molar-refractivity contribution in [1.82, 2.24) is 4.98 Å². The lowest BCUT2D eigenvalue weighted by Crippen LogP contribution is -1.92. The molecule has 0 aliphatic heterocycles. The summed E-state index contributed by atoms with van der Waals surface area (Å²) < 4.78 is 5.59. The summed E-state index contributed by atoms with van der Waals surface area (Å²) in [7, 11) is 0.